The van der Waals surface area contributed by atoms with Crippen LogP contribution in [-0.2, 0) is 4.74 Å². The lowest BCUT2D eigenvalue weighted by Gasteiger charge is -2.22. The highest BCUT2D eigenvalue weighted by molar-refractivity contribution is 5.90. The van der Waals surface area contributed by atoms with Gasteiger partial charge in [-0.1, -0.05) is 0 Å². The van der Waals surface area contributed by atoms with E-state index in [-0.39, 0.29) is 5.97 Å². The minimum absolute atomic E-state index is 0.366. The lowest BCUT2D eigenvalue weighted by molar-refractivity contribution is 0.0600. The molecule has 1 fully saturated rings. The van der Waals surface area contributed by atoms with E-state index in [1.165, 1.54) is 7.11 Å². The maximum atomic E-state index is 11.5. The van der Waals surface area contributed by atoms with E-state index in [4.69, 9.17) is 10.00 Å². The molecule has 0 N–H and O–H groups in total. The molecule has 94 valence electrons. The quantitative estimate of drug-likeness (QED) is 0.739. The molecule has 0 unspecified atom stereocenters. The first-order valence-electron chi connectivity index (χ1n) is 5.94. The van der Waals surface area contributed by atoms with E-state index in [9.17, 15) is 4.79 Å². The first kappa shape index (κ1) is 12.4. The average molecular weight is 245 g/mol. The molecule has 0 spiro atoms. The summed E-state index contributed by atoms with van der Waals surface area (Å²) in [5.74, 6) is 0.380. The van der Waals surface area contributed by atoms with Gasteiger partial charge in [0.1, 0.15) is 5.82 Å². The number of hydrogen-bond donors (Lipinski definition) is 0. The molecule has 0 aromatic carbocycles. The molecule has 18 heavy (non-hydrogen) atoms. The molecular formula is C13H15N3O2. The molecule has 1 heterocycles. The summed E-state index contributed by atoms with van der Waals surface area (Å²) in [6, 6.07) is 5.95. The van der Waals surface area contributed by atoms with Crippen LogP contribution >= 0.6 is 0 Å². The van der Waals surface area contributed by atoms with Crippen LogP contribution in [0.4, 0.5) is 5.82 Å². The van der Waals surface area contributed by atoms with Gasteiger partial charge in [-0.2, -0.15) is 5.26 Å². The Morgan fingerprint density at radius 2 is 2.44 bits per heavy atom. The summed E-state index contributed by atoms with van der Waals surface area (Å²) in [7, 11) is 1.36. The maximum absolute atomic E-state index is 11.5. The molecule has 0 bridgehead atoms. The summed E-state index contributed by atoms with van der Waals surface area (Å²) >= 11 is 0. The highest BCUT2D eigenvalue weighted by Crippen LogP contribution is 2.30. The second kappa shape index (κ2) is 5.50. The zero-order valence-corrected chi connectivity index (χ0v) is 10.3. The van der Waals surface area contributed by atoms with Crippen molar-refractivity contribution in [3.8, 4) is 6.07 Å². The van der Waals surface area contributed by atoms with Crippen molar-refractivity contribution in [3.05, 3.63) is 23.9 Å². The van der Waals surface area contributed by atoms with Crippen LogP contribution in [0.2, 0.25) is 0 Å². The summed E-state index contributed by atoms with van der Waals surface area (Å²) in [4.78, 5) is 17.8. The number of carbonyl (C=O) groups excluding carboxylic acids is 1. The fourth-order valence-corrected chi connectivity index (χ4v) is 1.86. The number of pyridine rings is 1. The van der Waals surface area contributed by atoms with Crippen molar-refractivity contribution in [2.75, 3.05) is 18.6 Å². The van der Waals surface area contributed by atoms with Gasteiger partial charge in [0, 0.05) is 18.8 Å². The number of aromatic nitrogens is 1. The maximum Gasteiger partial charge on any atom is 0.338 e. The standard InChI is InChI=1S/C13H15N3O2/c1-18-13(17)10-5-7-15-12(9-10)16(8-2-6-14)11-3-4-11/h5,7,9,11H,2-4,8H2,1H3. The minimum Gasteiger partial charge on any atom is -0.465 e. The highest BCUT2D eigenvalue weighted by Gasteiger charge is 2.29. The Hall–Kier alpha value is -2.09. The van der Waals surface area contributed by atoms with Crippen LogP contribution in [0.15, 0.2) is 18.3 Å². The van der Waals surface area contributed by atoms with Gasteiger partial charge in [-0.15, -0.1) is 0 Å². The first-order valence-corrected chi connectivity index (χ1v) is 5.94. The Bertz CT molecular complexity index is 477. The minimum atomic E-state index is -0.366. The van der Waals surface area contributed by atoms with E-state index in [1.54, 1.807) is 18.3 Å². The van der Waals surface area contributed by atoms with E-state index in [0.717, 1.165) is 18.7 Å². The third-order valence-electron chi connectivity index (χ3n) is 2.91. The number of ether oxygens (including phenoxy) is 1. The van der Waals surface area contributed by atoms with Crippen LogP contribution < -0.4 is 4.90 Å². The third-order valence-corrected chi connectivity index (χ3v) is 2.91. The Labute approximate surface area is 106 Å². The normalized spacial score (nSPS) is 13.8. The monoisotopic (exact) mass is 245 g/mol. The van der Waals surface area contributed by atoms with Crippen LogP contribution in [0.1, 0.15) is 29.6 Å². The first-order chi connectivity index (χ1) is 8.76. The molecule has 1 aliphatic rings. The summed E-state index contributed by atoms with van der Waals surface area (Å²) in [5, 5.41) is 8.67. The Kier molecular flexibility index (Phi) is 3.78. The van der Waals surface area contributed by atoms with Crippen molar-refractivity contribution in [2.24, 2.45) is 0 Å². The molecule has 5 heteroatoms. The van der Waals surface area contributed by atoms with Gasteiger partial charge >= 0.3 is 5.97 Å². The molecular weight excluding hydrogens is 230 g/mol. The lowest BCUT2D eigenvalue weighted by Crippen LogP contribution is -2.27. The summed E-state index contributed by atoms with van der Waals surface area (Å²) < 4.78 is 4.69. The van der Waals surface area contributed by atoms with Crippen molar-refractivity contribution in [2.45, 2.75) is 25.3 Å². The van der Waals surface area contributed by atoms with Gasteiger partial charge in [-0.05, 0) is 25.0 Å². The van der Waals surface area contributed by atoms with Gasteiger partial charge < -0.3 is 9.64 Å². The Morgan fingerprint density at radius 3 is 3.06 bits per heavy atom. The van der Waals surface area contributed by atoms with Gasteiger partial charge in [0.2, 0.25) is 0 Å². The number of anilines is 1. The predicted molar refractivity (Wildman–Crippen MR) is 66.2 cm³/mol. The number of hydrogen-bond acceptors (Lipinski definition) is 5. The van der Waals surface area contributed by atoms with Crippen LogP contribution in [0.5, 0.6) is 0 Å². The van der Waals surface area contributed by atoms with E-state index in [1.807, 2.05) is 0 Å². The lowest BCUT2D eigenvalue weighted by atomic mass is 10.2. The van der Waals surface area contributed by atoms with Gasteiger partial charge in [-0.3, -0.25) is 0 Å². The molecule has 1 aromatic heterocycles. The number of esters is 1. The van der Waals surface area contributed by atoms with Gasteiger partial charge in [0.25, 0.3) is 0 Å². The molecule has 0 aliphatic heterocycles. The molecule has 0 amide bonds. The van der Waals surface area contributed by atoms with E-state index in [2.05, 4.69) is 16.0 Å². The summed E-state index contributed by atoms with van der Waals surface area (Å²) in [6.07, 6.45) is 4.30. The molecule has 0 radical (unpaired) electrons. The largest absolute Gasteiger partial charge is 0.465 e. The van der Waals surface area contributed by atoms with Crippen LogP contribution in [0.25, 0.3) is 0 Å². The Balaban J connectivity index is 2.19. The van der Waals surface area contributed by atoms with Crippen molar-refractivity contribution >= 4 is 11.8 Å². The number of methoxy groups -OCH3 is 1. The number of carbonyl (C=O) groups is 1. The van der Waals surface area contributed by atoms with Crippen LogP contribution in [-0.4, -0.2) is 30.6 Å². The summed E-state index contributed by atoms with van der Waals surface area (Å²) in [5.41, 5.74) is 0.491. The van der Waals surface area contributed by atoms with E-state index >= 15 is 0 Å². The van der Waals surface area contributed by atoms with Crippen molar-refractivity contribution in [1.82, 2.24) is 4.98 Å². The van der Waals surface area contributed by atoms with Crippen LogP contribution in [0, 0.1) is 11.3 Å². The van der Waals surface area contributed by atoms with Crippen molar-refractivity contribution in [3.63, 3.8) is 0 Å². The van der Waals surface area contributed by atoms with Crippen molar-refractivity contribution in [1.29, 1.82) is 5.26 Å². The second-order valence-corrected chi connectivity index (χ2v) is 4.23. The highest BCUT2D eigenvalue weighted by atomic mass is 16.5. The van der Waals surface area contributed by atoms with Crippen LogP contribution in [0.3, 0.4) is 0 Å². The predicted octanol–water partition coefficient (Wildman–Crippen LogP) is 1.75. The van der Waals surface area contributed by atoms with Gasteiger partial charge in [-0.25, -0.2) is 9.78 Å². The second-order valence-electron chi connectivity index (χ2n) is 4.23. The number of nitriles is 1. The topological polar surface area (TPSA) is 66.2 Å². The fourth-order valence-electron chi connectivity index (χ4n) is 1.86. The average Bonchev–Trinajstić information content (AvgIpc) is 3.23. The molecule has 1 aromatic rings. The molecule has 1 aliphatic carbocycles. The molecule has 0 atom stereocenters. The Morgan fingerprint density at radius 1 is 1.67 bits per heavy atom. The number of nitrogens with zero attached hydrogens (tertiary/aromatic N) is 3. The van der Waals surface area contributed by atoms with E-state index < -0.39 is 0 Å². The van der Waals surface area contributed by atoms with E-state index in [0.29, 0.717) is 24.6 Å². The van der Waals surface area contributed by atoms with Gasteiger partial charge in [0.05, 0.1) is 25.2 Å². The fraction of sp³-hybridized carbons (Fsp3) is 0.462. The molecule has 5 nitrogen and oxygen atoms in total. The number of rotatable bonds is 5. The zero-order chi connectivity index (χ0) is 13.0. The zero-order valence-electron chi connectivity index (χ0n) is 10.3. The molecule has 0 saturated heterocycles. The van der Waals surface area contributed by atoms with Crippen molar-refractivity contribution < 1.29 is 9.53 Å². The molecule has 2 rings (SSSR count). The molecule has 1 saturated carbocycles. The summed E-state index contributed by atoms with van der Waals surface area (Å²) in [6.45, 7) is 0.652. The van der Waals surface area contributed by atoms with Gasteiger partial charge in [0.15, 0.2) is 0 Å². The smallest absolute Gasteiger partial charge is 0.338 e. The third kappa shape index (κ3) is 2.77. The SMILES string of the molecule is COC(=O)c1ccnc(N(CCC#N)C2CC2)c1.